The normalized spacial score (nSPS) is 14.7. The molecule has 8 nitrogen and oxygen atoms in total. The van der Waals surface area contributed by atoms with Gasteiger partial charge in [-0.05, 0) is 30.3 Å². The molecule has 0 aliphatic carbocycles. The first-order valence-electron chi connectivity index (χ1n) is 9.53. The summed E-state index contributed by atoms with van der Waals surface area (Å²) in [5.74, 6) is 0.595. The van der Waals surface area contributed by atoms with Gasteiger partial charge in [0.1, 0.15) is 0 Å². The zero-order chi connectivity index (χ0) is 20.1. The second-order valence-electron chi connectivity index (χ2n) is 6.76. The second-order valence-corrected chi connectivity index (χ2v) is 7.20. The SMILES string of the molecule is O=C(NCCN1CCN(c2ncccn2)CC1)c1ccn(-c2cccc(Cl)c2)n1. The third-order valence-electron chi connectivity index (χ3n) is 4.82. The number of hydrogen-bond donors (Lipinski definition) is 1. The molecule has 0 radical (unpaired) electrons. The third-order valence-corrected chi connectivity index (χ3v) is 5.05. The van der Waals surface area contributed by atoms with Crippen molar-refractivity contribution >= 4 is 23.5 Å². The van der Waals surface area contributed by atoms with E-state index >= 15 is 0 Å². The predicted molar refractivity (Wildman–Crippen MR) is 112 cm³/mol. The molecular formula is C20H22ClN7O. The fourth-order valence-electron chi connectivity index (χ4n) is 3.25. The summed E-state index contributed by atoms with van der Waals surface area (Å²) >= 11 is 6.02. The molecule has 1 amide bonds. The Bertz CT molecular complexity index is 954. The molecule has 29 heavy (non-hydrogen) atoms. The number of rotatable bonds is 6. The molecule has 0 saturated carbocycles. The van der Waals surface area contributed by atoms with Crippen molar-refractivity contribution in [2.45, 2.75) is 0 Å². The number of nitrogens with zero attached hydrogens (tertiary/aromatic N) is 6. The Labute approximate surface area is 174 Å². The summed E-state index contributed by atoms with van der Waals surface area (Å²) in [5.41, 5.74) is 1.20. The highest BCUT2D eigenvalue weighted by Crippen LogP contribution is 2.14. The van der Waals surface area contributed by atoms with Crippen molar-refractivity contribution in [1.29, 1.82) is 0 Å². The summed E-state index contributed by atoms with van der Waals surface area (Å²) < 4.78 is 1.64. The van der Waals surface area contributed by atoms with E-state index in [4.69, 9.17) is 11.6 Å². The Morgan fingerprint density at radius 1 is 1.07 bits per heavy atom. The molecule has 9 heteroatoms. The average Bonchev–Trinajstić information content (AvgIpc) is 3.25. The number of anilines is 1. The van der Waals surface area contributed by atoms with Gasteiger partial charge in [0.15, 0.2) is 5.69 Å². The number of carbonyl (C=O) groups is 1. The minimum Gasteiger partial charge on any atom is -0.349 e. The fraction of sp³-hybridized carbons (Fsp3) is 0.300. The van der Waals surface area contributed by atoms with Crippen LogP contribution in [0.4, 0.5) is 5.95 Å². The zero-order valence-corrected chi connectivity index (χ0v) is 16.7. The van der Waals surface area contributed by atoms with Gasteiger partial charge in [-0.2, -0.15) is 5.10 Å². The minimum atomic E-state index is -0.179. The van der Waals surface area contributed by atoms with Crippen LogP contribution in [0.25, 0.3) is 5.69 Å². The summed E-state index contributed by atoms with van der Waals surface area (Å²) in [6.07, 6.45) is 5.28. The predicted octanol–water partition coefficient (Wildman–Crippen LogP) is 1.87. The summed E-state index contributed by atoms with van der Waals surface area (Å²) in [5, 5.41) is 7.91. The molecular weight excluding hydrogens is 390 g/mol. The summed E-state index contributed by atoms with van der Waals surface area (Å²) in [4.78, 5) is 25.5. The van der Waals surface area contributed by atoms with Crippen LogP contribution < -0.4 is 10.2 Å². The van der Waals surface area contributed by atoms with Gasteiger partial charge in [-0.15, -0.1) is 0 Å². The Morgan fingerprint density at radius 2 is 1.86 bits per heavy atom. The van der Waals surface area contributed by atoms with E-state index in [2.05, 4.69) is 30.2 Å². The molecule has 0 spiro atoms. The van der Waals surface area contributed by atoms with Crippen molar-refractivity contribution in [2.24, 2.45) is 0 Å². The van der Waals surface area contributed by atoms with E-state index in [1.807, 2.05) is 18.2 Å². The molecule has 1 aliphatic heterocycles. The first-order chi connectivity index (χ1) is 14.2. The van der Waals surface area contributed by atoms with Crippen LogP contribution >= 0.6 is 11.6 Å². The standard InChI is InChI=1S/C20H22ClN7O/c21-16-3-1-4-17(15-16)28-9-5-18(25-28)19(29)22-8-10-26-11-13-27(14-12-26)20-23-6-2-7-24-20/h1-7,9,15H,8,10-14H2,(H,22,29). The van der Waals surface area contributed by atoms with E-state index in [-0.39, 0.29) is 5.91 Å². The molecule has 150 valence electrons. The monoisotopic (exact) mass is 411 g/mol. The molecule has 1 aliphatic rings. The number of halogens is 1. The minimum absolute atomic E-state index is 0.179. The van der Waals surface area contributed by atoms with Crippen molar-refractivity contribution in [3.63, 3.8) is 0 Å². The maximum atomic E-state index is 12.4. The number of piperazine rings is 1. The number of amides is 1. The van der Waals surface area contributed by atoms with Crippen LogP contribution in [0.2, 0.25) is 5.02 Å². The van der Waals surface area contributed by atoms with E-state index in [9.17, 15) is 4.79 Å². The smallest absolute Gasteiger partial charge is 0.271 e. The van der Waals surface area contributed by atoms with Gasteiger partial charge in [-0.3, -0.25) is 9.69 Å². The van der Waals surface area contributed by atoms with E-state index in [0.717, 1.165) is 44.4 Å². The average molecular weight is 412 g/mol. The third kappa shape index (κ3) is 4.90. The quantitative estimate of drug-likeness (QED) is 0.667. The van der Waals surface area contributed by atoms with Crippen molar-refractivity contribution in [3.8, 4) is 5.69 Å². The second kappa shape index (κ2) is 9.02. The highest BCUT2D eigenvalue weighted by molar-refractivity contribution is 6.30. The summed E-state index contributed by atoms with van der Waals surface area (Å²) in [6, 6.07) is 10.9. The van der Waals surface area contributed by atoms with E-state index < -0.39 is 0 Å². The van der Waals surface area contributed by atoms with Crippen molar-refractivity contribution in [1.82, 2.24) is 30.0 Å². The van der Waals surface area contributed by atoms with Gasteiger partial charge in [0.25, 0.3) is 5.91 Å². The number of aromatic nitrogens is 4. The maximum Gasteiger partial charge on any atom is 0.271 e. The molecule has 0 atom stereocenters. The van der Waals surface area contributed by atoms with Gasteiger partial charge in [-0.25, -0.2) is 14.6 Å². The molecule has 3 aromatic rings. The lowest BCUT2D eigenvalue weighted by molar-refractivity contribution is 0.0942. The molecule has 0 unspecified atom stereocenters. The Balaban J connectivity index is 1.23. The van der Waals surface area contributed by atoms with Gasteiger partial charge in [0.05, 0.1) is 5.69 Å². The molecule has 0 bridgehead atoms. The topological polar surface area (TPSA) is 79.2 Å². The van der Waals surface area contributed by atoms with Crippen molar-refractivity contribution in [2.75, 3.05) is 44.2 Å². The van der Waals surface area contributed by atoms with E-state index in [1.165, 1.54) is 0 Å². The number of nitrogens with one attached hydrogen (secondary N) is 1. The van der Waals surface area contributed by atoms with Gasteiger partial charge < -0.3 is 10.2 Å². The van der Waals surface area contributed by atoms with Crippen LogP contribution in [0.15, 0.2) is 55.0 Å². The molecule has 1 aromatic carbocycles. The van der Waals surface area contributed by atoms with Crippen LogP contribution in [-0.4, -0.2) is 69.8 Å². The lowest BCUT2D eigenvalue weighted by Crippen LogP contribution is -2.49. The van der Waals surface area contributed by atoms with Crippen LogP contribution in [0.5, 0.6) is 0 Å². The zero-order valence-electron chi connectivity index (χ0n) is 15.9. The largest absolute Gasteiger partial charge is 0.349 e. The van der Waals surface area contributed by atoms with Gasteiger partial charge in [0.2, 0.25) is 5.95 Å². The highest BCUT2D eigenvalue weighted by Gasteiger charge is 2.18. The molecule has 4 rings (SSSR count). The van der Waals surface area contributed by atoms with Gasteiger partial charge in [-0.1, -0.05) is 17.7 Å². The van der Waals surface area contributed by atoms with Gasteiger partial charge >= 0.3 is 0 Å². The Morgan fingerprint density at radius 3 is 2.62 bits per heavy atom. The first-order valence-corrected chi connectivity index (χ1v) is 9.91. The molecule has 2 aromatic heterocycles. The highest BCUT2D eigenvalue weighted by atomic mass is 35.5. The van der Waals surface area contributed by atoms with Crippen molar-refractivity contribution in [3.05, 3.63) is 65.7 Å². The number of carbonyl (C=O) groups excluding carboxylic acids is 1. The van der Waals surface area contributed by atoms with Gasteiger partial charge in [0, 0.05) is 62.9 Å². The van der Waals surface area contributed by atoms with Crippen LogP contribution in [0.1, 0.15) is 10.5 Å². The molecule has 1 fully saturated rings. The maximum absolute atomic E-state index is 12.4. The molecule has 1 saturated heterocycles. The van der Waals surface area contributed by atoms with E-state index in [0.29, 0.717) is 17.3 Å². The van der Waals surface area contributed by atoms with Crippen LogP contribution in [0, 0.1) is 0 Å². The Kier molecular flexibility index (Phi) is 6.02. The number of hydrogen-bond acceptors (Lipinski definition) is 6. The first kappa shape index (κ1) is 19.4. The Hall–Kier alpha value is -2.97. The molecule has 1 N–H and O–H groups in total. The fourth-order valence-corrected chi connectivity index (χ4v) is 3.44. The summed E-state index contributed by atoms with van der Waals surface area (Å²) in [6.45, 7) is 4.95. The van der Waals surface area contributed by atoms with Crippen LogP contribution in [0.3, 0.4) is 0 Å². The summed E-state index contributed by atoms with van der Waals surface area (Å²) in [7, 11) is 0. The lowest BCUT2D eigenvalue weighted by Gasteiger charge is -2.34. The van der Waals surface area contributed by atoms with E-state index in [1.54, 1.807) is 41.5 Å². The van der Waals surface area contributed by atoms with Crippen LogP contribution in [-0.2, 0) is 0 Å². The number of benzene rings is 1. The lowest BCUT2D eigenvalue weighted by atomic mass is 10.3. The molecule has 3 heterocycles. The van der Waals surface area contributed by atoms with Crippen molar-refractivity contribution < 1.29 is 4.79 Å².